The van der Waals surface area contributed by atoms with E-state index in [0.717, 1.165) is 56.4 Å². The molecule has 3 aliphatic heterocycles. The van der Waals surface area contributed by atoms with Gasteiger partial charge in [-0.15, -0.1) is 0 Å². The Morgan fingerprint density at radius 3 is 2.79 bits per heavy atom. The number of ether oxygens (including phenoxy) is 2. The molecule has 1 aromatic rings. The molecular weight excluding hydrogens is 324 g/mol. The molecule has 0 aliphatic carbocycles. The lowest BCUT2D eigenvalue weighted by Crippen LogP contribution is -2.50. The molecule has 2 saturated heterocycles. The molecule has 0 bridgehead atoms. The van der Waals surface area contributed by atoms with Crippen LogP contribution in [-0.2, 0) is 11.3 Å². The zero-order valence-electron chi connectivity index (χ0n) is 13.9. The number of amides is 1. The van der Waals surface area contributed by atoms with Gasteiger partial charge in [0.05, 0.1) is 0 Å². The molecule has 130 valence electrons. The number of rotatable bonds is 3. The highest BCUT2D eigenvalue weighted by molar-refractivity contribution is 7.99. The summed E-state index contributed by atoms with van der Waals surface area (Å²) in [6.07, 6.45) is 2.26. The van der Waals surface area contributed by atoms with Gasteiger partial charge in [-0.1, -0.05) is 6.07 Å². The number of piperazine rings is 1. The smallest absolute Gasteiger partial charge is 0.231 e. The first-order chi connectivity index (χ1) is 11.8. The van der Waals surface area contributed by atoms with Crippen LogP contribution >= 0.6 is 11.8 Å². The first-order valence-corrected chi connectivity index (χ1v) is 9.92. The Morgan fingerprint density at radius 1 is 1.17 bits per heavy atom. The molecule has 0 N–H and O–H groups in total. The standard InChI is InChI=1S/C18H24N2O3S/c21-18(15-2-1-9-24-12-15)20-7-5-19(6-8-20)11-14-3-4-16-17(10-14)23-13-22-16/h3-4,10,15H,1-2,5-9,11-13H2. The second-order valence-electron chi connectivity index (χ2n) is 6.70. The topological polar surface area (TPSA) is 42.0 Å². The Labute approximate surface area is 147 Å². The highest BCUT2D eigenvalue weighted by Crippen LogP contribution is 2.33. The minimum absolute atomic E-state index is 0.254. The van der Waals surface area contributed by atoms with Gasteiger partial charge in [0.15, 0.2) is 11.5 Å². The number of hydrogen-bond donors (Lipinski definition) is 0. The van der Waals surface area contributed by atoms with Crippen LogP contribution in [0.4, 0.5) is 0 Å². The number of benzene rings is 1. The van der Waals surface area contributed by atoms with Crippen LogP contribution in [0, 0.1) is 5.92 Å². The predicted octanol–water partition coefficient (Wildman–Crippen LogP) is 2.20. The number of carbonyl (C=O) groups is 1. The summed E-state index contributed by atoms with van der Waals surface area (Å²) >= 11 is 1.93. The van der Waals surface area contributed by atoms with Crippen molar-refractivity contribution in [3.05, 3.63) is 23.8 Å². The van der Waals surface area contributed by atoms with Gasteiger partial charge in [0.1, 0.15) is 0 Å². The van der Waals surface area contributed by atoms with E-state index in [1.54, 1.807) is 0 Å². The molecular formula is C18H24N2O3S. The summed E-state index contributed by atoms with van der Waals surface area (Å²) in [6, 6.07) is 6.15. The normalized spacial score (nSPS) is 24.2. The van der Waals surface area contributed by atoms with E-state index in [0.29, 0.717) is 12.7 Å². The van der Waals surface area contributed by atoms with Gasteiger partial charge in [0, 0.05) is 44.4 Å². The number of fused-ring (bicyclic) bond motifs is 1. The third-order valence-electron chi connectivity index (χ3n) is 5.04. The second-order valence-corrected chi connectivity index (χ2v) is 7.85. The van der Waals surface area contributed by atoms with Gasteiger partial charge < -0.3 is 14.4 Å². The highest BCUT2D eigenvalue weighted by atomic mass is 32.2. The molecule has 3 aliphatic rings. The maximum atomic E-state index is 12.6. The van der Waals surface area contributed by atoms with Gasteiger partial charge >= 0.3 is 0 Å². The molecule has 4 rings (SSSR count). The fraction of sp³-hybridized carbons (Fsp3) is 0.611. The molecule has 1 amide bonds. The van der Waals surface area contributed by atoms with Crippen molar-refractivity contribution in [3.8, 4) is 11.5 Å². The summed E-state index contributed by atoms with van der Waals surface area (Å²) in [5, 5.41) is 0. The van der Waals surface area contributed by atoms with Crippen molar-refractivity contribution < 1.29 is 14.3 Å². The summed E-state index contributed by atoms with van der Waals surface area (Å²) in [5.74, 6) is 4.54. The van der Waals surface area contributed by atoms with E-state index in [1.807, 2.05) is 17.8 Å². The van der Waals surface area contributed by atoms with Gasteiger partial charge in [-0.05, 0) is 36.3 Å². The van der Waals surface area contributed by atoms with E-state index >= 15 is 0 Å². The summed E-state index contributed by atoms with van der Waals surface area (Å²) in [4.78, 5) is 17.1. The van der Waals surface area contributed by atoms with Gasteiger partial charge in [0.2, 0.25) is 12.7 Å². The largest absolute Gasteiger partial charge is 0.454 e. The van der Waals surface area contributed by atoms with Crippen molar-refractivity contribution in [3.63, 3.8) is 0 Å². The van der Waals surface area contributed by atoms with E-state index in [9.17, 15) is 4.79 Å². The second kappa shape index (κ2) is 7.23. The van der Waals surface area contributed by atoms with Crippen LogP contribution in [0.3, 0.4) is 0 Å². The monoisotopic (exact) mass is 348 g/mol. The third kappa shape index (κ3) is 3.49. The molecule has 6 heteroatoms. The summed E-state index contributed by atoms with van der Waals surface area (Å²) in [5.41, 5.74) is 1.24. The summed E-state index contributed by atoms with van der Waals surface area (Å²) in [7, 11) is 0. The number of thioether (sulfide) groups is 1. The van der Waals surface area contributed by atoms with Gasteiger partial charge in [-0.2, -0.15) is 11.8 Å². The van der Waals surface area contributed by atoms with Crippen LogP contribution in [0.25, 0.3) is 0 Å². The quantitative estimate of drug-likeness (QED) is 0.838. The number of nitrogens with zero attached hydrogens (tertiary/aromatic N) is 2. The Hall–Kier alpha value is -1.40. The molecule has 1 aromatic carbocycles. The molecule has 1 unspecified atom stereocenters. The first kappa shape index (κ1) is 16.1. The van der Waals surface area contributed by atoms with Gasteiger partial charge in [0.25, 0.3) is 0 Å². The van der Waals surface area contributed by atoms with Crippen molar-refractivity contribution in [2.75, 3.05) is 44.5 Å². The Kier molecular flexibility index (Phi) is 4.85. The van der Waals surface area contributed by atoms with Crippen LogP contribution in [0.2, 0.25) is 0 Å². The SMILES string of the molecule is O=C(C1CCCSC1)N1CCN(Cc2ccc3c(c2)OCO3)CC1. The van der Waals surface area contributed by atoms with Crippen LogP contribution < -0.4 is 9.47 Å². The fourth-order valence-corrected chi connectivity index (χ4v) is 4.75. The van der Waals surface area contributed by atoms with Crippen molar-refractivity contribution in [2.24, 2.45) is 5.92 Å². The van der Waals surface area contributed by atoms with E-state index in [4.69, 9.17) is 9.47 Å². The van der Waals surface area contributed by atoms with Crippen molar-refractivity contribution in [2.45, 2.75) is 19.4 Å². The average Bonchev–Trinajstić information content (AvgIpc) is 3.10. The van der Waals surface area contributed by atoms with Crippen LogP contribution in [0.1, 0.15) is 18.4 Å². The fourth-order valence-electron chi connectivity index (χ4n) is 3.62. The first-order valence-electron chi connectivity index (χ1n) is 8.77. The number of carbonyl (C=O) groups excluding carboxylic acids is 1. The van der Waals surface area contributed by atoms with E-state index < -0.39 is 0 Å². The maximum absolute atomic E-state index is 12.6. The molecule has 0 radical (unpaired) electrons. The van der Waals surface area contributed by atoms with Gasteiger partial charge in [-0.3, -0.25) is 9.69 Å². The zero-order valence-corrected chi connectivity index (χ0v) is 14.7. The molecule has 1 atom stereocenters. The molecule has 3 heterocycles. The molecule has 5 nitrogen and oxygen atoms in total. The Morgan fingerprint density at radius 2 is 2.00 bits per heavy atom. The average molecular weight is 348 g/mol. The summed E-state index contributed by atoms with van der Waals surface area (Å²) in [6.45, 7) is 4.81. The Bertz CT molecular complexity index is 596. The highest BCUT2D eigenvalue weighted by Gasteiger charge is 2.28. The van der Waals surface area contributed by atoms with Crippen molar-refractivity contribution in [1.82, 2.24) is 9.80 Å². The van der Waals surface area contributed by atoms with E-state index in [-0.39, 0.29) is 5.92 Å². The van der Waals surface area contributed by atoms with E-state index in [1.165, 1.54) is 17.7 Å². The van der Waals surface area contributed by atoms with E-state index in [2.05, 4.69) is 21.9 Å². The van der Waals surface area contributed by atoms with Crippen LogP contribution in [0.15, 0.2) is 18.2 Å². The van der Waals surface area contributed by atoms with Crippen molar-refractivity contribution >= 4 is 17.7 Å². The third-order valence-corrected chi connectivity index (χ3v) is 6.25. The maximum Gasteiger partial charge on any atom is 0.231 e. The van der Waals surface area contributed by atoms with Crippen molar-refractivity contribution in [1.29, 1.82) is 0 Å². The van der Waals surface area contributed by atoms with Gasteiger partial charge in [-0.25, -0.2) is 0 Å². The van der Waals surface area contributed by atoms with Crippen LogP contribution in [0.5, 0.6) is 11.5 Å². The van der Waals surface area contributed by atoms with Crippen LogP contribution in [-0.4, -0.2) is 60.2 Å². The zero-order chi connectivity index (χ0) is 16.4. The molecule has 0 aromatic heterocycles. The predicted molar refractivity (Wildman–Crippen MR) is 94.5 cm³/mol. The molecule has 2 fully saturated rings. The lowest BCUT2D eigenvalue weighted by atomic mass is 10.0. The Balaban J connectivity index is 1.29. The minimum Gasteiger partial charge on any atom is -0.454 e. The lowest BCUT2D eigenvalue weighted by molar-refractivity contribution is -0.136. The molecule has 0 spiro atoms. The molecule has 0 saturated carbocycles. The minimum atomic E-state index is 0.254. The summed E-state index contributed by atoms with van der Waals surface area (Å²) < 4.78 is 10.8. The number of hydrogen-bond acceptors (Lipinski definition) is 5. The molecule has 24 heavy (non-hydrogen) atoms. The lowest BCUT2D eigenvalue weighted by Gasteiger charge is -2.37.